The van der Waals surface area contributed by atoms with Crippen LogP contribution in [0.1, 0.15) is 23.2 Å². The summed E-state index contributed by atoms with van der Waals surface area (Å²) in [6, 6.07) is 0.358. The lowest BCUT2D eigenvalue weighted by molar-refractivity contribution is -0.143. The molecule has 0 spiro atoms. The van der Waals surface area contributed by atoms with Gasteiger partial charge in [0.2, 0.25) is 5.82 Å². The highest BCUT2D eigenvalue weighted by Gasteiger charge is 2.31. The molecule has 1 unspecified atom stereocenters. The second-order valence-corrected chi connectivity index (χ2v) is 4.81. The zero-order valence-electron chi connectivity index (χ0n) is 10.8. The van der Waals surface area contributed by atoms with E-state index >= 15 is 0 Å². The van der Waals surface area contributed by atoms with Gasteiger partial charge in [0.1, 0.15) is 0 Å². The van der Waals surface area contributed by atoms with Crippen molar-refractivity contribution in [3.63, 3.8) is 0 Å². The third-order valence-electron chi connectivity index (χ3n) is 3.42. The summed E-state index contributed by atoms with van der Waals surface area (Å²) in [7, 11) is 0. The Bertz CT molecular complexity index is 606. The van der Waals surface area contributed by atoms with Crippen LogP contribution in [0.4, 0.5) is 13.2 Å². The predicted octanol–water partition coefficient (Wildman–Crippen LogP) is 1.75. The number of amides is 1. The zero-order chi connectivity index (χ0) is 15.7. The Morgan fingerprint density at radius 1 is 1.24 bits per heavy atom. The van der Waals surface area contributed by atoms with Crippen molar-refractivity contribution in [2.75, 3.05) is 13.1 Å². The number of rotatable bonds is 2. The monoisotopic (exact) mass is 303 g/mol. The number of nitrogens with zero attached hydrogens (tertiary/aromatic N) is 1. The maximum atomic E-state index is 13.7. The third kappa shape index (κ3) is 2.79. The molecule has 1 saturated heterocycles. The van der Waals surface area contributed by atoms with Crippen LogP contribution in [0.25, 0.3) is 0 Å². The summed E-state index contributed by atoms with van der Waals surface area (Å²) < 4.78 is 39.8. The van der Waals surface area contributed by atoms with Crippen LogP contribution >= 0.6 is 0 Å². The summed E-state index contributed by atoms with van der Waals surface area (Å²) in [5.41, 5.74) is -0.822. The molecule has 1 aromatic carbocycles. The maximum Gasteiger partial charge on any atom is 0.308 e. The van der Waals surface area contributed by atoms with E-state index in [0.717, 1.165) is 4.90 Å². The molecular formula is C13H12F3NO4. The van der Waals surface area contributed by atoms with Crippen LogP contribution in [-0.2, 0) is 4.79 Å². The lowest BCUT2D eigenvalue weighted by Crippen LogP contribution is -2.42. The van der Waals surface area contributed by atoms with Crippen LogP contribution in [0, 0.1) is 23.4 Å². The zero-order valence-corrected chi connectivity index (χ0v) is 10.8. The van der Waals surface area contributed by atoms with Gasteiger partial charge in [-0.25, -0.2) is 8.78 Å². The summed E-state index contributed by atoms with van der Waals surface area (Å²) in [5.74, 6) is -9.30. The predicted molar refractivity (Wildman–Crippen MR) is 64.2 cm³/mol. The van der Waals surface area contributed by atoms with Crippen LogP contribution < -0.4 is 0 Å². The van der Waals surface area contributed by atoms with Gasteiger partial charge in [-0.3, -0.25) is 9.59 Å². The number of halogens is 3. The van der Waals surface area contributed by atoms with Crippen molar-refractivity contribution in [3.8, 4) is 5.75 Å². The molecule has 0 saturated carbocycles. The molecule has 1 heterocycles. The summed E-state index contributed by atoms with van der Waals surface area (Å²) in [6.45, 7) is 0.0369. The van der Waals surface area contributed by atoms with E-state index < -0.39 is 46.6 Å². The molecule has 5 nitrogen and oxygen atoms in total. The molecule has 0 radical (unpaired) electrons. The van der Waals surface area contributed by atoms with Crippen molar-refractivity contribution in [2.24, 2.45) is 5.92 Å². The molecule has 1 aromatic rings. The number of aliphatic carboxylic acids is 1. The Morgan fingerprint density at radius 2 is 1.90 bits per heavy atom. The van der Waals surface area contributed by atoms with Gasteiger partial charge in [-0.1, -0.05) is 0 Å². The van der Waals surface area contributed by atoms with Crippen molar-refractivity contribution >= 4 is 11.9 Å². The number of carboxylic acids is 1. The van der Waals surface area contributed by atoms with Crippen LogP contribution in [0.5, 0.6) is 5.75 Å². The molecule has 1 aliphatic heterocycles. The number of piperidine rings is 1. The van der Waals surface area contributed by atoms with E-state index in [1.807, 2.05) is 0 Å². The van der Waals surface area contributed by atoms with Crippen molar-refractivity contribution in [3.05, 3.63) is 29.1 Å². The molecule has 1 amide bonds. The van der Waals surface area contributed by atoms with Gasteiger partial charge in [0, 0.05) is 13.1 Å². The molecule has 114 valence electrons. The highest BCUT2D eigenvalue weighted by atomic mass is 19.2. The van der Waals surface area contributed by atoms with E-state index in [4.69, 9.17) is 10.2 Å². The summed E-state index contributed by atoms with van der Waals surface area (Å²) in [5, 5.41) is 18.0. The molecule has 2 N–H and O–H groups in total. The third-order valence-corrected chi connectivity index (χ3v) is 3.42. The molecule has 0 bridgehead atoms. The Balaban J connectivity index is 2.30. The van der Waals surface area contributed by atoms with Gasteiger partial charge in [0.15, 0.2) is 17.4 Å². The van der Waals surface area contributed by atoms with E-state index in [9.17, 15) is 22.8 Å². The number of carbonyl (C=O) groups excluding carboxylic acids is 1. The number of phenolic OH excluding ortho intramolecular Hbond substituents is 1. The van der Waals surface area contributed by atoms with Crippen LogP contribution in [0.2, 0.25) is 0 Å². The number of hydrogen-bond acceptors (Lipinski definition) is 3. The average Bonchev–Trinajstić information content (AvgIpc) is 2.48. The normalized spacial score (nSPS) is 18.6. The number of likely N-dealkylation sites (tertiary alicyclic amines) is 1. The molecule has 21 heavy (non-hydrogen) atoms. The summed E-state index contributed by atoms with van der Waals surface area (Å²) >= 11 is 0. The fourth-order valence-electron chi connectivity index (χ4n) is 2.28. The smallest absolute Gasteiger partial charge is 0.308 e. The first kappa shape index (κ1) is 15.1. The molecule has 1 atom stereocenters. The fraction of sp³-hybridized carbons (Fsp3) is 0.385. The summed E-state index contributed by atoms with van der Waals surface area (Å²) in [6.07, 6.45) is 0.782. The van der Waals surface area contributed by atoms with E-state index in [1.165, 1.54) is 0 Å². The van der Waals surface area contributed by atoms with E-state index in [2.05, 4.69) is 0 Å². The van der Waals surface area contributed by atoms with Gasteiger partial charge in [-0.05, 0) is 18.9 Å². The van der Waals surface area contributed by atoms with Crippen molar-refractivity contribution in [2.45, 2.75) is 12.8 Å². The number of aromatic hydroxyl groups is 1. The van der Waals surface area contributed by atoms with Gasteiger partial charge in [0.25, 0.3) is 5.91 Å². The molecular weight excluding hydrogens is 291 g/mol. The fourth-order valence-corrected chi connectivity index (χ4v) is 2.28. The van der Waals surface area contributed by atoms with E-state index in [1.54, 1.807) is 0 Å². The number of phenols is 1. The number of carbonyl (C=O) groups is 2. The van der Waals surface area contributed by atoms with Crippen molar-refractivity contribution in [1.82, 2.24) is 4.90 Å². The maximum absolute atomic E-state index is 13.7. The summed E-state index contributed by atoms with van der Waals surface area (Å²) in [4.78, 5) is 24.1. The minimum Gasteiger partial charge on any atom is -0.503 e. The van der Waals surface area contributed by atoms with Gasteiger partial charge in [-0.2, -0.15) is 4.39 Å². The highest BCUT2D eigenvalue weighted by Crippen LogP contribution is 2.28. The van der Waals surface area contributed by atoms with Crippen molar-refractivity contribution in [1.29, 1.82) is 0 Å². The van der Waals surface area contributed by atoms with Gasteiger partial charge >= 0.3 is 5.97 Å². The molecule has 0 aliphatic carbocycles. The Hall–Kier alpha value is -2.25. The van der Waals surface area contributed by atoms with Gasteiger partial charge in [0.05, 0.1) is 11.5 Å². The van der Waals surface area contributed by atoms with Crippen LogP contribution in [0.3, 0.4) is 0 Å². The highest BCUT2D eigenvalue weighted by molar-refractivity contribution is 5.95. The van der Waals surface area contributed by atoms with E-state index in [0.29, 0.717) is 18.9 Å². The van der Waals surface area contributed by atoms with Crippen molar-refractivity contribution < 1.29 is 33.0 Å². The number of hydrogen-bond donors (Lipinski definition) is 2. The minimum absolute atomic E-state index is 0.145. The SMILES string of the molecule is O=C(O)C1CCCN(C(=O)c2cc(F)c(F)c(O)c2F)C1. The second-order valence-electron chi connectivity index (χ2n) is 4.81. The second kappa shape index (κ2) is 5.63. The Morgan fingerprint density at radius 3 is 2.52 bits per heavy atom. The number of carboxylic acid groups (broad SMARTS) is 1. The molecule has 1 fully saturated rings. The topological polar surface area (TPSA) is 77.8 Å². The minimum atomic E-state index is -1.77. The molecule has 1 aliphatic rings. The quantitative estimate of drug-likeness (QED) is 0.816. The molecule has 8 heteroatoms. The largest absolute Gasteiger partial charge is 0.503 e. The Kier molecular flexibility index (Phi) is 4.06. The average molecular weight is 303 g/mol. The standard InChI is InChI=1S/C13H12F3NO4/c14-8-4-7(9(15)11(18)10(8)16)12(19)17-3-1-2-6(5-17)13(20)21/h4,6,18H,1-3,5H2,(H,20,21). The Labute approximate surface area is 117 Å². The first-order valence-electron chi connectivity index (χ1n) is 6.21. The van der Waals surface area contributed by atoms with E-state index in [-0.39, 0.29) is 13.1 Å². The molecule has 0 aromatic heterocycles. The first-order chi connectivity index (χ1) is 9.82. The van der Waals surface area contributed by atoms with Crippen LogP contribution in [-0.4, -0.2) is 40.1 Å². The first-order valence-corrected chi connectivity index (χ1v) is 6.21. The number of benzene rings is 1. The van der Waals surface area contributed by atoms with Gasteiger partial charge < -0.3 is 15.1 Å². The molecule has 2 rings (SSSR count). The van der Waals surface area contributed by atoms with Crippen LogP contribution in [0.15, 0.2) is 6.07 Å². The lowest BCUT2D eigenvalue weighted by atomic mass is 9.97. The van der Waals surface area contributed by atoms with Gasteiger partial charge in [-0.15, -0.1) is 0 Å². The lowest BCUT2D eigenvalue weighted by Gasteiger charge is -2.30.